The van der Waals surface area contributed by atoms with Gasteiger partial charge in [0.1, 0.15) is 23.4 Å². The summed E-state index contributed by atoms with van der Waals surface area (Å²) in [7, 11) is 1.67. The highest BCUT2D eigenvalue weighted by Gasteiger charge is 2.38. The lowest BCUT2D eigenvalue weighted by Crippen LogP contribution is -2.52. The Morgan fingerprint density at radius 3 is 2.38 bits per heavy atom. The minimum Gasteiger partial charge on any atom is -0.496 e. The van der Waals surface area contributed by atoms with Crippen LogP contribution < -0.4 is 4.74 Å². The van der Waals surface area contributed by atoms with E-state index in [2.05, 4.69) is 9.88 Å². The number of carbonyl (C=O) groups is 2. The molecule has 0 aliphatic carbocycles. The fourth-order valence-electron chi connectivity index (χ4n) is 6.19. The molecule has 9 heteroatoms. The molecule has 2 aromatic carbocycles. The van der Waals surface area contributed by atoms with Crippen LogP contribution in [0, 0.1) is 17.6 Å². The number of aromatic nitrogens is 1. The van der Waals surface area contributed by atoms with E-state index < -0.39 is 23.6 Å². The van der Waals surface area contributed by atoms with Crippen LogP contribution in [-0.2, 0) is 9.59 Å². The van der Waals surface area contributed by atoms with Crippen molar-refractivity contribution in [2.24, 2.45) is 5.92 Å². The van der Waals surface area contributed by atoms with Gasteiger partial charge < -0.3 is 19.7 Å². The van der Waals surface area contributed by atoms with E-state index in [1.807, 2.05) is 24.4 Å². The molecule has 2 saturated heterocycles. The van der Waals surface area contributed by atoms with Crippen LogP contribution in [-0.4, -0.2) is 71.1 Å². The number of ether oxygens (including phenoxy) is 1. The van der Waals surface area contributed by atoms with Crippen molar-refractivity contribution >= 4 is 28.9 Å². The number of aliphatic carboxylic acids is 1. The number of hydrogen-bond acceptors (Lipinski definition) is 4. The highest BCUT2D eigenvalue weighted by molar-refractivity contribution is 5.92. The van der Waals surface area contributed by atoms with Gasteiger partial charge in [-0.2, -0.15) is 0 Å². The van der Waals surface area contributed by atoms with Crippen molar-refractivity contribution in [2.75, 3.05) is 33.3 Å². The second-order valence-corrected chi connectivity index (χ2v) is 10.4. The van der Waals surface area contributed by atoms with E-state index in [1.54, 1.807) is 12.0 Å². The molecule has 206 valence electrons. The van der Waals surface area contributed by atoms with Crippen LogP contribution in [0.1, 0.15) is 42.7 Å². The number of carbonyl (C=O) groups excluding carboxylic acids is 1. The number of fused-ring (bicyclic) bond motifs is 1. The zero-order valence-corrected chi connectivity index (χ0v) is 21.9. The normalized spacial score (nSPS) is 18.6. The van der Waals surface area contributed by atoms with Gasteiger partial charge in [0.25, 0.3) is 0 Å². The fourth-order valence-corrected chi connectivity index (χ4v) is 6.19. The molecule has 0 spiro atoms. The maximum atomic E-state index is 13.4. The number of methoxy groups -OCH3 is 1. The van der Waals surface area contributed by atoms with E-state index in [4.69, 9.17) is 4.74 Å². The summed E-state index contributed by atoms with van der Waals surface area (Å²) in [6.07, 6.45) is 7.65. The van der Waals surface area contributed by atoms with Gasteiger partial charge in [-0.3, -0.25) is 14.5 Å². The number of carboxylic acid groups (broad SMARTS) is 1. The summed E-state index contributed by atoms with van der Waals surface area (Å²) in [5.41, 5.74) is 2.53. The number of halogens is 2. The lowest BCUT2D eigenvalue weighted by molar-refractivity contribution is -0.147. The second kappa shape index (κ2) is 11.6. The molecule has 39 heavy (non-hydrogen) atoms. The van der Waals surface area contributed by atoms with Gasteiger partial charge in [0.05, 0.1) is 7.11 Å². The first-order chi connectivity index (χ1) is 18.8. The molecular formula is C30H33F2N3O4. The van der Waals surface area contributed by atoms with Crippen molar-refractivity contribution in [3.05, 3.63) is 71.4 Å². The summed E-state index contributed by atoms with van der Waals surface area (Å²) in [5.74, 6) is -1.37. The molecule has 0 bridgehead atoms. The smallest absolute Gasteiger partial charge is 0.321 e. The van der Waals surface area contributed by atoms with Gasteiger partial charge in [0, 0.05) is 42.3 Å². The Morgan fingerprint density at radius 1 is 1.05 bits per heavy atom. The highest BCUT2D eigenvalue weighted by Crippen LogP contribution is 2.38. The van der Waals surface area contributed by atoms with Crippen LogP contribution in [0.3, 0.4) is 0 Å². The third-order valence-electron chi connectivity index (χ3n) is 8.13. The number of hydrogen-bond donors (Lipinski definition) is 2. The molecule has 7 nitrogen and oxygen atoms in total. The average Bonchev–Trinajstić information content (AvgIpc) is 3.36. The first-order valence-electron chi connectivity index (χ1n) is 13.4. The Labute approximate surface area is 226 Å². The minimum atomic E-state index is -0.819. The van der Waals surface area contributed by atoms with Crippen molar-refractivity contribution in [1.82, 2.24) is 14.8 Å². The number of benzene rings is 2. The number of likely N-dealkylation sites (tertiary alicyclic amines) is 2. The predicted octanol–water partition coefficient (Wildman–Crippen LogP) is 5.04. The number of piperidine rings is 2. The van der Waals surface area contributed by atoms with Crippen LogP contribution in [0.15, 0.2) is 48.7 Å². The van der Waals surface area contributed by atoms with Crippen molar-refractivity contribution in [2.45, 2.75) is 37.6 Å². The number of nitrogens with zero attached hydrogens (tertiary/aromatic N) is 2. The van der Waals surface area contributed by atoms with Gasteiger partial charge in [-0.15, -0.1) is 0 Å². The summed E-state index contributed by atoms with van der Waals surface area (Å²) in [4.78, 5) is 32.1. The second-order valence-electron chi connectivity index (χ2n) is 10.4. The number of rotatable bonds is 7. The van der Waals surface area contributed by atoms with Crippen LogP contribution in [0.5, 0.6) is 5.75 Å². The Morgan fingerprint density at radius 2 is 1.74 bits per heavy atom. The Kier molecular flexibility index (Phi) is 7.97. The third-order valence-corrected chi connectivity index (χ3v) is 8.13. The number of H-pyrrole nitrogens is 1. The van der Waals surface area contributed by atoms with E-state index in [1.165, 1.54) is 17.7 Å². The molecule has 5 rings (SSSR count). The lowest BCUT2D eigenvalue weighted by Gasteiger charge is -2.41. The molecule has 1 aromatic heterocycles. The predicted molar refractivity (Wildman–Crippen MR) is 145 cm³/mol. The largest absolute Gasteiger partial charge is 0.496 e. The van der Waals surface area contributed by atoms with E-state index in [0.29, 0.717) is 44.9 Å². The summed E-state index contributed by atoms with van der Waals surface area (Å²) in [5, 5.41) is 11.3. The molecule has 0 saturated carbocycles. The molecule has 2 N–H and O–H groups in total. The average molecular weight is 538 g/mol. The number of nitrogens with one attached hydrogen (secondary N) is 1. The van der Waals surface area contributed by atoms with E-state index in [0.717, 1.165) is 47.7 Å². The molecule has 0 radical (unpaired) electrons. The van der Waals surface area contributed by atoms with Crippen molar-refractivity contribution in [3.8, 4) is 5.75 Å². The Balaban J connectivity index is 1.18. The summed E-state index contributed by atoms with van der Waals surface area (Å²) >= 11 is 0. The zero-order chi connectivity index (χ0) is 27.5. The molecule has 3 heterocycles. The van der Waals surface area contributed by atoms with Crippen LogP contribution in [0.4, 0.5) is 8.78 Å². The molecule has 1 amide bonds. The fraction of sp³-hybridized carbons (Fsp3) is 0.400. The monoisotopic (exact) mass is 537 g/mol. The standard InChI is InChI=1S/C30H33F2N3O4/c1-39-26-4-2-3-25-28(26)24(18-33-25)20-7-13-35(14-8-20)29(30(37)38)21-9-11-34(12-10-21)27(36)6-5-19-15-22(31)17-23(32)16-19/h2-6,15-18,20-21,29,33H,7-14H2,1H3,(H,37,38)/b6-5+. The molecule has 2 aliphatic rings. The van der Waals surface area contributed by atoms with Gasteiger partial charge >= 0.3 is 5.97 Å². The van der Waals surface area contributed by atoms with Gasteiger partial charge in [-0.25, -0.2) is 8.78 Å². The summed E-state index contributed by atoms with van der Waals surface area (Å²) in [6.45, 7) is 2.27. The van der Waals surface area contributed by atoms with Gasteiger partial charge in [-0.1, -0.05) is 6.07 Å². The molecular weight excluding hydrogens is 504 g/mol. The molecule has 3 aromatic rings. The Bertz CT molecular complexity index is 1350. The zero-order valence-electron chi connectivity index (χ0n) is 21.9. The Hall–Kier alpha value is -3.72. The summed E-state index contributed by atoms with van der Waals surface area (Å²) in [6, 6.07) is 8.47. The van der Waals surface area contributed by atoms with Gasteiger partial charge in [0.15, 0.2) is 0 Å². The van der Waals surface area contributed by atoms with Gasteiger partial charge in [-0.05, 0) is 92.1 Å². The number of aromatic amines is 1. The number of carboxylic acids is 1. The first-order valence-corrected chi connectivity index (χ1v) is 13.4. The lowest BCUT2D eigenvalue weighted by atomic mass is 9.84. The highest BCUT2D eigenvalue weighted by atomic mass is 19.1. The number of amides is 1. The topological polar surface area (TPSA) is 85.9 Å². The SMILES string of the molecule is COc1cccc2[nH]cc(C3CCN(C(C(=O)O)C4CCN(C(=O)/C=C/c5cc(F)cc(F)c5)CC4)CC3)c12. The minimum absolute atomic E-state index is 0.0578. The van der Waals surface area contributed by atoms with Crippen molar-refractivity contribution < 1.29 is 28.2 Å². The van der Waals surface area contributed by atoms with E-state index in [-0.39, 0.29) is 17.4 Å². The summed E-state index contributed by atoms with van der Waals surface area (Å²) < 4.78 is 32.4. The first kappa shape index (κ1) is 26.9. The van der Waals surface area contributed by atoms with Crippen LogP contribution >= 0.6 is 0 Å². The maximum Gasteiger partial charge on any atom is 0.321 e. The quantitative estimate of drug-likeness (QED) is 0.413. The molecule has 1 atom stereocenters. The van der Waals surface area contributed by atoms with Crippen LogP contribution in [0.2, 0.25) is 0 Å². The van der Waals surface area contributed by atoms with Crippen molar-refractivity contribution in [1.29, 1.82) is 0 Å². The van der Waals surface area contributed by atoms with Crippen LogP contribution in [0.25, 0.3) is 17.0 Å². The molecule has 2 aliphatic heterocycles. The maximum absolute atomic E-state index is 13.4. The molecule has 1 unspecified atom stereocenters. The third kappa shape index (κ3) is 5.83. The van der Waals surface area contributed by atoms with Crippen molar-refractivity contribution in [3.63, 3.8) is 0 Å². The molecule has 2 fully saturated rings. The van der Waals surface area contributed by atoms with E-state index >= 15 is 0 Å². The van der Waals surface area contributed by atoms with Gasteiger partial charge in [0.2, 0.25) is 5.91 Å². The van der Waals surface area contributed by atoms with E-state index in [9.17, 15) is 23.5 Å².